The highest BCUT2D eigenvalue weighted by Crippen LogP contribution is 2.29. The molecule has 0 spiro atoms. The predicted molar refractivity (Wildman–Crippen MR) is 124 cm³/mol. The van der Waals surface area contributed by atoms with Crippen LogP contribution in [0.3, 0.4) is 0 Å². The Morgan fingerprint density at radius 1 is 0.515 bits per heavy atom. The van der Waals surface area contributed by atoms with Gasteiger partial charge in [-0.1, -0.05) is 36.4 Å². The van der Waals surface area contributed by atoms with Crippen LogP contribution in [0, 0.1) is 0 Å². The van der Waals surface area contributed by atoms with Crippen LogP contribution >= 0.6 is 0 Å². The van der Waals surface area contributed by atoms with Gasteiger partial charge in [-0.3, -0.25) is 0 Å². The summed E-state index contributed by atoms with van der Waals surface area (Å²) in [6.07, 6.45) is 0.362. The highest BCUT2D eigenvalue weighted by Gasteiger charge is 2.12. The SMILES string of the molecule is Oc1cc(-n2nc3ccccc3n2)ccc1Cc1ccc(-n2nc3ccccc3n2)cc1O. The molecule has 0 amide bonds. The third kappa shape index (κ3) is 3.43. The molecule has 8 heteroatoms. The van der Waals surface area contributed by atoms with Gasteiger partial charge >= 0.3 is 0 Å². The summed E-state index contributed by atoms with van der Waals surface area (Å²) in [5, 5.41) is 39.0. The minimum atomic E-state index is 0.109. The molecule has 0 atom stereocenters. The van der Waals surface area contributed by atoms with E-state index in [1.807, 2.05) is 72.8 Å². The molecule has 6 aromatic rings. The van der Waals surface area contributed by atoms with Crippen molar-refractivity contribution >= 4 is 22.1 Å². The van der Waals surface area contributed by atoms with E-state index in [-0.39, 0.29) is 11.5 Å². The maximum atomic E-state index is 10.6. The Balaban J connectivity index is 1.27. The molecule has 8 nitrogen and oxygen atoms in total. The molecule has 0 aliphatic rings. The summed E-state index contributed by atoms with van der Waals surface area (Å²) < 4.78 is 0. The van der Waals surface area contributed by atoms with Gasteiger partial charge in [-0.05, 0) is 47.5 Å². The van der Waals surface area contributed by atoms with Gasteiger partial charge in [-0.2, -0.15) is 9.59 Å². The van der Waals surface area contributed by atoms with Gasteiger partial charge in [0.25, 0.3) is 0 Å². The zero-order valence-corrected chi connectivity index (χ0v) is 17.4. The van der Waals surface area contributed by atoms with Crippen LogP contribution < -0.4 is 0 Å². The second kappa shape index (κ2) is 7.45. The Hall–Kier alpha value is -4.72. The second-order valence-electron chi connectivity index (χ2n) is 7.76. The number of phenols is 2. The quantitative estimate of drug-likeness (QED) is 0.432. The number of fused-ring (bicyclic) bond motifs is 2. The van der Waals surface area contributed by atoms with Crippen molar-refractivity contribution in [1.82, 2.24) is 30.0 Å². The van der Waals surface area contributed by atoms with Crippen molar-refractivity contribution in [3.05, 3.63) is 96.1 Å². The van der Waals surface area contributed by atoms with Crippen LogP contribution in [0.2, 0.25) is 0 Å². The van der Waals surface area contributed by atoms with Crippen LogP contribution in [-0.2, 0) is 6.42 Å². The van der Waals surface area contributed by atoms with E-state index in [0.717, 1.165) is 22.1 Å². The minimum absolute atomic E-state index is 0.109. The lowest BCUT2D eigenvalue weighted by Crippen LogP contribution is -2.00. The number of aromatic nitrogens is 6. The fourth-order valence-corrected chi connectivity index (χ4v) is 3.81. The molecule has 0 unspecified atom stereocenters. The van der Waals surface area contributed by atoms with Gasteiger partial charge in [0.2, 0.25) is 0 Å². The van der Waals surface area contributed by atoms with Gasteiger partial charge in [0.15, 0.2) is 0 Å². The fourth-order valence-electron chi connectivity index (χ4n) is 3.81. The number of nitrogens with zero attached hydrogens (tertiary/aromatic N) is 6. The summed E-state index contributed by atoms with van der Waals surface area (Å²) in [7, 11) is 0. The number of hydrogen-bond acceptors (Lipinski definition) is 6. The standard InChI is InChI=1S/C25H18N6O2/c32-24-14-18(30-26-20-5-1-2-6-21(20)27-30)11-9-16(24)13-17-10-12-19(15-25(17)33)31-28-22-7-3-4-8-23(22)29-31/h1-12,14-15,32-33H,13H2. The summed E-state index contributed by atoms with van der Waals surface area (Å²) in [4.78, 5) is 3.00. The number of aromatic hydroxyl groups is 2. The highest BCUT2D eigenvalue weighted by atomic mass is 16.3. The average molecular weight is 434 g/mol. The van der Waals surface area contributed by atoms with Crippen LogP contribution in [0.15, 0.2) is 84.9 Å². The Labute approximate surface area is 188 Å². The van der Waals surface area contributed by atoms with Crippen LogP contribution in [0.25, 0.3) is 33.4 Å². The van der Waals surface area contributed by atoms with E-state index in [4.69, 9.17) is 0 Å². The van der Waals surface area contributed by atoms with Crippen molar-refractivity contribution in [3.8, 4) is 22.9 Å². The Morgan fingerprint density at radius 2 is 0.879 bits per heavy atom. The Kier molecular flexibility index (Phi) is 4.29. The first kappa shape index (κ1) is 19.0. The summed E-state index contributed by atoms with van der Waals surface area (Å²) in [5.74, 6) is 0.217. The summed E-state index contributed by atoms with van der Waals surface area (Å²) in [5.41, 5.74) is 5.81. The monoisotopic (exact) mass is 434 g/mol. The van der Waals surface area contributed by atoms with Crippen molar-refractivity contribution in [1.29, 1.82) is 0 Å². The molecule has 6 rings (SSSR count). The number of hydrogen-bond donors (Lipinski definition) is 2. The van der Waals surface area contributed by atoms with Crippen molar-refractivity contribution in [2.24, 2.45) is 0 Å². The third-order valence-corrected chi connectivity index (χ3v) is 5.55. The Bertz CT molecular complexity index is 1450. The first-order valence-electron chi connectivity index (χ1n) is 10.4. The van der Waals surface area contributed by atoms with E-state index in [1.165, 1.54) is 9.59 Å². The largest absolute Gasteiger partial charge is 0.508 e. The van der Waals surface area contributed by atoms with Crippen LogP contribution in [0.5, 0.6) is 11.5 Å². The smallest absolute Gasteiger partial charge is 0.121 e. The van der Waals surface area contributed by atoms with Gasteiger partial charge < -0.3 is 10.2 Å². The molecule has 0 radical (unpaired) electrons. The highest BCUT2D eigenvalue weighted by molar-refractivity contribution is 5.74. The van der Waals surface area contributed by atoms with E-state index in [2.05, 4.69) is 20.4 Å². The van der Waals surface area contributed by atoms with Crippen molar-refractivity contribution in [3.63, 3.8) is 0 Å². The lowest BCUT2D eigenvalue weighted by Gasteiger charge is -2.10. The molecule has 0 fully saturated rings. The lowest BCUT2D eigenvalue weighted by atomic mass is 10.0. The van der Waals surface area contributed by atoms with Crippen molar-refractivity contribution < 1.29 is 10.2 Å². The lowest BCUT2D eigenvalue weighted by molar-refractivity contribution is 0.462. The zero-order chi connectivity index (χ0) is 22.4. The van der Waals surface area contributed by atoms with Gasteiger partial charge in [0.05, 0.1) is 11.4 Å². The van der Waals surface area contributed by atoms with Gasteiger partial charge in [-0.15, -0.1) is 20.4 Å². The first-order valence-corrected chi connectivity index (χ1v) is 10.4. The first-order chi connectivity index (χ1) is 16.1. The van der Waals surface area contributed by atoms with Gasteiger partial charge in [0, 0.05) is 18.6 Å². The molecule has 2 heterocycles. The maximum Gasteiger partial charge on any atom is 0.121 e. The van der Waals surface area contributed by atoms with Crippen LogP contribution in [-0.4, -0.2) is 40.2 Å². The third-order valence-electron chi connectivity index (χ3n) is 5.55. The van der Waals surface area contributed by atoms with E-state index in [0.29, 0.717) is 28.9 Å². The molecule has 0 aliphatic heterocycles. The molecule has 2 N–H and O–H groups in total. The molecule has 160 valence electrons. The topological polar surface area (TPSA) is 102 Å². The van der Waals surface area contributed by atoms with E-state index >= 15 is 0 Å². The molecule has 0 saturated carbocycles. The van der Waals surface area contributed by atoms with Crippen LogP contribution in [0.4, 0.5) is 0 Å². The normalized spacial score (nSPS) is 11.4. The number of benzene rings is 4. The average Bonchev–Trinajstić information content (AvgIpc) is 3.46. The second-order valence-corrected chi connectivity index (χ2v) is 7.76. The van der Waals surface area contributed by atoms with Crippen molar-refractivity contribution in [2.75, 3.05) is 0 Å². The van der Waals surface area contributed by atoms with E-state index < -0.39 is 0 Å². The molecule has 33 heavy (non-hydrogen) atoms. The van der Waals surface area contributed by atoms with Crippen molar-refractivity contribution in [2.45, 2.75) is 6.42 Å². The molecule has 0 bridgehead atoms. The molecule has 0 aliphatic carbocycles. The van der Waals surface area contributed by atoms with E-state index in [1.54, 1.807) is 12.1 Å². The molecular formula is C25H18N6O2. The zero-order valence-electron chi connectivity index (χ0n) is 17.4. The molecular weight excluding hydrogens is 416 g/mol. The molecule has 4 aromatic carbocycles. The maximum absolute atomic E-state index is 10.6. The Morgan fingerprint density at radius 3 is 1.21 bits per heavy atom. The fraction of sp³-hybridized carbons (Fsp3) is 0.0400. The molecule has 0 saturated heterocycles. The van der Waals surface area contributed by atoms with E-state index in [9.17, 15) is 10.2 Å². The predicted octanol–water partition coefficient (Wildman–Crippen LogP) is 4.16. The van der Waals surface area contributed by atoms with Gasteiger partial charge in [-0.25, -0.2) is 0 Å². The summed E-state index contributed by atoms with van der Waals surface area (Å²) >= 11 is 0. The summed E-state index contributed by atoms with van der Waals surface area (Å²) in [6, 6.07) is 25.8. The number of phenolic OH excluding ortho intramolecular Hbond substituents is 2. The minimum Gasteiger partial charge on any atom is -0.508 e. The van der Waals surface area contributed by atoms with Gasteiger partial charge in [0.1, 0.15) is 33.6 Å². The molecule has 2 aromatic heterocycles. The summed E-state index contributed by atoms with van der Waals surface area (Å²) in [6.45, 7) is 0. The number of rotatable bonds is 4. The van der Waals surface area contributed by atoms with Crippen LogP contribution in [0.1, 0.15) is 11.1 Å².